The predicted molar refractivity (Wildman–Crippen MR) is 65.0 cm³/mol. The van der Waals surface area contributed by atoms with Gasteiger partial charge >= 0.3 is 0 Å². The smallest absolute Gasteiger partial charge is 0.161 e. The third kappa shape index (κ3) is 2.41. The fourth-order valence-corrected chi connectivity index (χ4v) is 1.83. The number of imidazole rings is 1. The first-order valence-electron chi connectivity index (χ1n) is 5.45. The zero-order valence-corrected chi connectivity index (χ0v) is 10.2. The summed E-state index contributed by atoms with van der Waals surface area (Å²) in [5, 5.41) is 9.39. The first-order valence-corrected chi connectivity index (χ1v) is 5.45. The van der Waals surface area contributed by atoms with Crippen molar-refractivity contribution in [2.75, 3.05) is 0 Å². The molecule has 0 saturated heterocycles. The van der Waals surface area contributed by atoms with Crippen LogP contribution in [-0.2, 0) is 12.6 Å². The molecule has 0 aliphatic heterocycles. The fourth-order valence-electron chi connectivity index (χ4n) is 1.83. The number of rotatable bonds is 3. The van der Waals surface area contributed by atoms with Crippen molar-refractivity contribution in [1.29, 1.82) is 0 Å². The lowest BCUT2D eigenvalue weighted by Gasteiger charge is -2.25. The summed E-state index contributed by atoms with van der Waals surface area (Å²) in [6.07, 6.45) is 3.62. The number of phenolic OH excluding ortho intramolecular Hbond substituents is 1. The molecule has 17 heavy (non-hydrogen) atoms. The van der Waals surface area contributed by atoms with Crippen LogP contribution in [0.2, 0.25) is 0 Å². The molecule has 0 aliphatic carbocycles. The standard InChI is InChI=1S/C13H16N2O2/c1-13(2,12-14-7-8-15(12)3)17-11-6-4-5-10(16)9-11/h4-9,16H,1-3H3. The van der Waals surface area contributed by atoms with Gasteiger partial charge in [0.2, 0.25) is 0 Å². The molecule has 0 bridgehead atoms. The Balaban J connectivity index is 2.26. The number of phenols is 1. The largest absolute Gasteiger partial charge is 0.508 e. The molecule has 0 unspecified atom stereocenters. The lowest BCUT2D eigenvalue weighted by atomic mass is 10.1. The maximum atomic E-state index is 9.39. The highest BCUT2D eigenvalue weighted by Gasteiger charge is 2.27. The summed E-state index contributed by atoms with van der Waals surface area (Å²) in [6, 6.07) is 6.76. The Labute approximate surface area is 100 Å². The van der Waals surface area contributed by atoms with Crippen LogP contribution in [0.1, 0.15) is 19.7 Å². The summed E-state index contributed by atoms with van der Waals surface area (Å²) >= 11 is 0. The predicted octanol–water partition coefficient (Wildman–Crippen LogP) is 2.44. The SMILES string of the molecule is Cn1ccnc1C(C)(C)Oc1cccc(O)c1. The maximum absolute atomic E-state index is 9.39. The molecule has 0 fully saturated rings. The Hall–Kier alpha value is -1.97. The fraction of sp³-hybridized carbons (Fsp3) is 0.308. The molecule has 2 rings (SSSR count). The summed E-state index contributed by atoms with van der Waals surface area (Å²) in [5.74, 6) is 1.65. The van der Waals surface area contributed by atoms with Crippen molar-refractivity contribution in [3.63, 3.8) is 0 Å². The number of aryl methyl sites for hydroxylation is 1. The zero-order chi connectivity index (χ0) is 12.5. The topological polar surface area (TPSA) is 47.3 Å². The lowest BCUT2D eigenvalue weighted by molar-refractivity contribution is 0.0951. The van der Waals surface area contributed by atoms with Gasteiger partial charge in [0.25, 0.3) is 0 Å². The number of nitrogens with zero attached hydrogens (tertiary/aromatic N) is 2. The summed E-state index contributed by atoms with van der Waals surface area (Å²) < 4.78 is 7.78. The van der Waals surface area contributed by atoms with Crippen molar-refractivity contribution in [2.24, 2.45) is 7.05 Å². The van der Waals surface area contributed by atoms with Crippen LogP contribution >= 0.6 is 0 Å². The van der Waals surface area contributed by atoms with Gasteiger partial charge < -0.3 is 14.4 Å². The van der Waals surface area contributed by atoms with Gasteiger partial charge in [-0.2, -0.15) is 0 Å². The van der Waals surface area contributed by atoms with E-state index in [0.29, 0.717) is 5.75 Å². The minimum Gasteiger partial charge on any atom is -0.508 e. The number of aromatic hydroxyl groups is 1. The molecule has 4 nitrogen and oxygen atoms in total. The van der Waals surface area contributed by atoms with Crippen molar-refractivity contribution < 1.29 is 9.84 Å². The van der Waals surface area contributed by atoms with Gasteiger partial charge in [-0.15, -0.1) is 0 Å². The second-order valence-electron chi connectivity index (χ2n) is 4.47. The molecular formula is C13H16N2O2. The maximum Gasteiger partial charge on any atom is 0.161 e. The average molecular weight is 232 g/mol. The number of hydrogen-bond donors (Lipinski definition) is 1. The molecule has 0 saturated carbocycles. The first kappa shape index (κ1) is 11.5. The van der Waals surface area contributed by atoms with Gasteiger partial charge in [-0.05, 0) is 26.0 Å². The van der Waals surface area contributed by atoms with Crippen molar-refractivity contribution >= 4 is 0 Å². The molecule has 1 aromatic heterocycles. The normalized spacial score (nSPS) is 11.5. The lowest BCUT2D eigenvalue weighted by Crippen LogP contribution is -2.28. The van der Waals surface area contributed by atoms with E-state index in [1.54, 1.807) is 24.4 Å². The molecule has 0 atom stereocenters. The second-order valence-corrected chi connectivity index (χ2v) is 4.47. The van der Waals surface area contributed by atoms with E-state index in [0.717, 1.165) is 5.82 Å². The molecule has 1 N–H and O–H groups in total. The van der Waals surface area contributed by atoms with Gasteiger partial charge in [0.15, 0.2) is 11.4 Å². The van der Waals surface area contributed by atoms with Gasteiger partial charge in [-0.3, -0.25) is 0 Å². The van der Waals surface area contributed by atoms with E-state index >= 15 is 0 Å². The van der Waals surface area contributed by atoms with Gasteiger partial charge in [-0.25, -0.2) is 4.98 Å². The highest BCUT2D eigenvalue weighted by Crippen LogP contribution is 2.28. The molecule has 0 radical (unpaired) electrons. The van der Waals surface area contributed by atoms with Crippen LogP contribution < -0.4 is 4.74 Å². The third-order valence-corrected chi connectivity index (χ3v) is 2.55. The summed E-state index contributed by atoms with van der Waals surface area (Å²) in [6.45, 7) is 3.89. The minimum atomic E-state index is -0.550. The molecular weight excluding hydrogens is 216 g/mol. The minimum absolute atomic E-state index is 0.193. The number of ether oxygens (including phenoxy) is 1. The van der Waals surface area contributed by atoms with Crippen LogP contribution in [0.4, 0.5) is 0 Å². The number of benzene rings is 1. The Morgan fingerprint density at radius 1 is 1.35 bits per heavy atom. The van der Waals surface area contributed by atoms with E-state index in [1.807, 2.05) is 37.7 Å². The Kier molecular flexibility index (Phi) is 2.79. The van der Waals surface area contributed by atoms with E-state index in [2.05, 4.69) is 4.98 Å². The van der Waals surface area contributed by atoms with E-state index in [-0.39, 0.29) is 5.75 Å². The first-order chi connectivity index (χ1) is 7.99. The van der Waals surface area contributed by atoms with E-state index < -0.39 is 5.60 Å². The van der Waals surface area contributed by atoms with Gasteiger partial charge in [0.05, 0.1) is 0 Å². The van der Waals surface area contributed by atoms with Crippen LogP contribution in [0.5, 0.6) is 11.5 Å². The molecule has 1 heterocycles. The number of aromatic nitrogens is 2. The Morgan fingerprint density at radius 3 is 2.71 bits per heavy atom. The summed E-state index contributed by atoms with van der Waals surface area (Å²) in [4.78, 5) is 4.28. The highest BCUT2D eigenvalue weighted by molar-refractivity contribution is 5.32. The summed E-state index contributed by atoms with van der Waals surface area (Å²) in [5.41, 5.74) is -0.550. The quantitative estimate of drug-likeness (QED) is 0.884. The van der Waals surface area contributed by atoms with Crippen molar-refractivity contribution in [2.45, 2.75) is 19.4 Å². The second kappa shape index (κ2) is 4.13. The molecule has 2 aromatic rings. The number of hydrogen-bond acceptors (Lipinski definition) is 3. The van der Waals surface area contributed by atoms with E-state index in [1.165, 1.54) is 0 Å². The van der Waals surface area contributed by atoms with Gasteiger partial charge in [0.1, 0.15) is 11.5 Å². The summed E-state index contributed by atoms with van der Waals surface area (Å²) in [7, 11) is 1.93. The van der Waals surface area contributed by atoms with Crippen LogP contribution in [-0.4, -0.2) is 14.7 Å². The molecule has 0 spiro atoms. The van der Waals surface area contributed by atoms with Gasteiger partial charge in [-0.1, -0.05) is 6.07 Å². The Bertz CT molecular complexity index is 518. The van der Waals surface area contributed by atoms with Crippen molar-refractivity contribution in [3.8, 4) is 11.5 Å². The molecule has 0 aliphatic rings. The highest BCUT2D eigenvalue weighted by atomic mass is 16.5. The van der Waals surface area contributed by atoms with Crippen LogP contribution in [0.3, 0.4) is 0 Å². The molecule has 0 amide bonds. The average Bonchev–Trinajstić information content (AvgIpc) is 2.64. The van der Waals surface area contributed by atoms with Crippen molar-refractivity contribution in [1.82, 2.24) is 9.55 Å². The van der Waals surface area contributed by atoms with Crippen LogP contribution in [0.15, 0.2) is 36.7 Å². The monoisotopic (exact) mass is 232 g/mol. The van der Waals surface area contributed by atoms with Crippen molar-refractivity contribution in [3.05, 3.63) is 42.5 Å². The van der Waals surface area contributed by atoms with Crippen LogP contribution in [0.25, 0.3) is 0 Å². The van der Waals surface area contributed by atoms with E-state index in [9.17, 15) is 5.11 Å². The third-order valence-electron chi connectivity index (χ3n) is 2.55. The van der Waals surface area contributed by atoms with E-state index in [4.69, 9.17) is 4.74 Å². The molecule has 1 aromatic carbocycles. The van der Waals surface area contributed by atoms with Crippen LogP contribution in [0, 0.1) is 0 Å². The molecule has 90 valence electrons. The van der Waals surface area contributed by atoms with Gasteiger partial charge in [0, 0.05) is 25.5 Å². The Morgan fingerprint density at radius 2 is 2.12 bits per heavy atom. The zero-order valence-electron chi connectivity index (χ0n) is 10.2. The molecule has 4 heteroatoms.